The normalized spacial score (nSPS) is 12.0. The topological polar surface area (TPSA) is 90.3 Å². The third kappa shape index (κ3) is 3.90. The Balaban J connectivity index is 1.70. The van der Waals surface area contributed by atoms with Gasteiger partial charge in [-0.15, -0.1) is 11.3 Å². The van der Waals surface area contributed by atoms with Crippen molar-refractivity contribution in [2.24, 2.45) is 7.05 Å². The Morgan fingerprint density at radius 3 is 2.70 bits per heavy atom. The Morgan fingerprint density at radius 1 is 1.30 bits per heavy atom. The molecule has 0 spiro atoms. The highest BCUT2D eigenvalue weighted by Gasteiger charge is 2.24. The highest BCUT2D eigenvalue weighted by atomic mass is 32.1. The lowest BCUT2D eigenvalue weighted by molar-refractivity contribution is -0.129. The summed E-state index contributed by atoms with van der Waals surface area (Å²) in [5.41, 5.74) is 1.25. The molecular formula is C19H19N3O4S. The van der Waals surface area contributed by atoms with Crippen LogP contribution in [-0.4, -0.2) is 27.5 Å². The molecule has 1 N–H and O–H groups in total. The van der Waals surface area contributed by atoms with E-state index >= 15 is 0 Å². The Hall–Kier alpha value is -3.00. The summed E-state index contributed by atoms with van der Waals surface area (Å²) in [4.78, 5) is 41.9. The molecule has 1 atom stereocenters. The summed E-state index contributed by atoms with van der Waals surface area (Å²) in [6.07, 6.45) is 0.455. The quantitative estimate of drug-likeness (QED) is 0.680. The number of hydrogen-bond donors (Lipinski definition) is 1. The van der Waals surface area contributed by atoms with Crippen LogP contribution in [-0.2, 0) is 23.1 Å². The maximum absolute atomic E-state index is 12.5. The van der Waals surface area contributed by atoms with E-state index in [0.717, 1.165) is 16.9 Å². The van der Waals surface area contributed by atoms with Gasteiger partial charge in [0.25, 0.3) is 11.5 Å². The van der Waals surface area contributed by atoms with Gasteiger partial charge in [-0.1, -0.05) is 30.3 Å². The van der Waals surface area contributed by atoms with Crippen LogP contribution < -0.4 is 10.9 Å². The predicted octanol–water partition coefficient (Wildman–Crippen LogP) is 2.17. The summed E-state index contributed by atoms with van der Waals surface area (Å²) >= 11 is 1.09. The minimum Gasteiger partial charge on any atom is -0.448 e. The van der Waals surface area contributed by atoms with Gasteiger partial charge in [0.05, 0.1) is 11.7 Å². The number of ether oxygens (including phenoxy) is 1. The number of aromatic nitrogens is 2. The monoisotopic (exact) mass is 385 g/mol. The van der Waals surface area contributed by atoms with Crippen molar-refractivity contribution in [1.29, 1.82) is 0 Å². The lowest BCUT2D eigenvalue weighted by atomic mass is 10.2. The molecule has 1 unspecified atom stereocenters. The maximum atomic E-state index is 12.5. The zero-order valence-electron chi connectivity index (χ0n) is 15.2. The van der Waals surface area contributed by atoms with Crippen molar-refractivity contribution in [3.63, 3.8) is 0 Å². The zero-order valence-corrected chi connectivity index (χ0v) is 16.0. The molecule has 0 aliphatic carbocycles. The van der Waals surface area contributed by atoms with Gasteiger partial charge in [0.15, 0.2) is 6.10 Å². The lowest BCUT2D eigenvalue weighted by Gasteiger charge is -2.13. The number of amides is 1. The van der Waals surface area contributed by atoms with Crippen LogP contribution in [0.15, 0.2) is 41.5 Å². The molecule has 0 bridgehead atoms. The van der Waals surface area contributed by atoms with Gasteiger partial charge in [0, 0.05) is 13.6 Å². The molecule has 0 aliphatic heterocycles. The van der Waals surface area contributed by atoms with E-state index < -0.39 is 12.1 Å². The fourth-order valence-corrected chi connectivity index (χ4v) is 3.62. The lowest BCUT2D eigenvalue weighted by Crippen LogP contribution is -2.35. The van der Waals surface area contributed by atoms with Gasteiger partial charge in [-0.3, -0.25) is 9.59 Å². The number of nitrogens with zero attached hydrogens (tertiary/aromatic N) is 2. The van der Waals surface area contributed by atoms with E-state index in [1.54, 1.807) is 14.0 Å². The molecule has 1 amide bonds. The van der Waals surface area contributed by atoms with E-state index in [1.165, 1.54) is 17.8 Å². The van der Waals surface area contributed by atoms with Crippen LogP contribution in [0.25, 0.3) is 10.2 Å². The number of carbonyl (C=O) groups is 2. The summed E-state index contributed by atoms with van der Waals surface area (Å²) < 4.78 is 6.65. The standard InChI is InChI=1S/C19H19N3O4S/c1-11-14-17(21-10-22(3)18(14)24)27-15(11)19(25)26-12(2)16(23)20-9-13-7-5-4-6-8-13/h4-8,10,12H,9H2,1-3H3,(H,20,23). The van der Waals surface area contributed by atoms with Crippen molar-refractivity contribution in [2.75, 3.05) is 0 Å². The maximum Gasteiger partial charge on any atom is 0.349 e. The molecule has 0 saturated carbocycles. The molecule has 0 radical (unpaired) electrons. The highest BCUT2D eigenvalue weighted by Crippen LogP contribution is 2.27. The smallest absolute Gasteiger partial charge is 0.349 e. The van der Waals surface area contributed by atoms with Gasteiger partial charge in [0.2, 0.25) is 0 Å². The molecule has 0 saturated heterocycles. The number of hydrogen-bond acceptors (Lipinski definition) is 6. The van der Waals surface area contributed by atoms with Crippen LogP contribution in [0.3, 0.4) is 0 Å². The summed E-state index contributed by atoms with van der Waals surface area (Å²) in [6, 6.07) is 9.45. The second-order valence-corrected chi connectivity index (χ2v) is 7.15. The second kappa shape index (κ2) is 7.71. The minimum atomic E-state index is -0.957. The minimum absolute atomic E-state index is 0.221. The molecule has 140 valence electrons. The average molecular weight is 385 g/mol. The molecule has 3 aromatic rings. The molecule has 8 heteroatoms. The second-order valence-electron chi connectivity index (χ2n) is 6.15. The van der Waals surface area contributed by atoms with Crippen LogP contribution in [0, 0.1) is 6.92 Å². The van der Waals surface area contributed by atoms with E-state index in [2.05, 4.69) is 10.3 Å². The molecule has 1 aromatic carbocycles. The molecule has 3 rings (SSSR count). The van der Waals surface area contributed by atoms with Crippen molar-refractivity contribution in [2.45, 2.75) is 26.5 Å². The van der Waals surface area contributed by atoms with Crippen molar-refractivity contribution in [3.8, 4) is 0 Å². The van der Waals surface area contributed by atoms with Gasteiger partial charge >= 0.3 is 5.97 Å². The van der Waals surface area contributed by atoms with Crippen LogP contribution in [0.1, 0.15) is 27.7 Å². The molecule has 0 fully saturated rings. The summed E-state index contributed by atoms with van der Waals surface area (Å²) in [6.45, 7) is 3.54. The SMILES string of the molecule is Cc1c(C(=O)OC(C)C(=O)NCc2ccccc2)sc2ncn(C)c(=O)c12. The van der Waals surface area contributed by atoms with Crippen LogP contribution in [0.5, 0.6) is 0 Å². The largest absolute Gasteiger partial charge is 0.448 e. The third-order valence-electron chi connectivity index (χ3n) is 4.16. The predicted molar refractivity (Wildman–Crippen MR) is 103 cm³/mol. The molecule has 2 aromatic heterocycles. The average Bonchev–Trinajstić information content (AvgIpc) is 3.01. The van der Waals surface area contributed by atoms with E-state index in [0.29, 0.717) is 22.3 Å². The van der Waals surface area contributed by atoms with Crippen molar-refractivity contribution >= 4 is 33.4 Å². The number of aryl methyl sites for hydroxylation is 2. The number of benzene rings is 1. The molecule has 0 aliphatic rings. The van der Waals surface area contributed by atoms with Crippen LogP contribution >= 0.6 is 11.3 Å². The number of esters is 1. The highest BCUT2D eigenvalue weighted by molar-refractivity contribution is 7.20. The first-order chi connectivity index (χ1) is 12.9. The Bertz CT molecular complexity index is 1060. The van der Waals surface area contributed by atoms with Gasteiger partial charge in [0.1, 0.15) is 9.71 Å². The Kier molecular flexibility index (Phi) is 5.36. The van der Waals surface area contributed by atoms with Crippen molar-refractivity contribution in [1.82, 2.24) is 14.9 Å². The first-order valence-electron chi connectivity index (χ1n) is 8.36. The van der Waals surface area contributed by atoms with Gasteiger partial charge in [-0.2, -0.15) is 0 Å². The van der Waals surface area contributed by atoms with E-state index in [1.807, 2.05) is 30.3 Å². The number of thiophene rings is 1. The molecule has 7 nitrogen and oxygen atoms in total. The van der Waals surface area contributed by atoms with Crippen LogP contribution in [0.4, 0.5) is 0 Å². The third-order valence-corrected chi connectivity index (χ3v) is 5.34. The first-order valence-corrected chi connectivity index (χ1v) is 9.17. The molecular weight excluding hydrogens is 366 g/mol. The number of carbonyl (C=O) groups excluding carboxylic acids is 2. The number of fused-ring (bicyclic) bond motifs is 1. The Labute approximate surface area is 159 Å². The summed E-state index contributed by atoms with van der Waals surface area (Å²) in [5, 5.41) is 3.14. The summed E-state index contributed by atoms with van der Waals surface area (Å²) in [5.74, 6) is -1.03. The van der Waals surface area contributed by atoms with Gasteiger partial charge in [-0.05, 0) is 25.0 Å². The Morgan fingerprint density at radius 2 is 2.00 bits per heavy atom. The van der Waals surface area contributed by atoms with Crippen molar-refractivity contribution in [3.05, 3.63) is 63.0 Å². The number of nitrogens with one attached hydrogen (secondary N) is 1. The van der Waals surface area contributed by atoms with Gasteiger partial charge in [-0.25, -0.2) is 9.78 Å². The van der Waals surface area contributed by atoms with Gasteiger partial charge < -0.3 is 14.6 Å². The zero-order chi connectivity index (χ0) is 19.6. The molecule has 27 heavy (non-hydrogen) atoms. The fourth-order valence-electron chi connectivity index (χ4n) is 2.60. The van der Waals surface area contributed by atoms with E-state index in [4.69, 9.17) is 4.74 Å². The van der Waals surface area contributed by atoms with Crippen molar-refractivity contribution < 1.29 is 14.3 Å². The summed E-state index contributed by atoms with van der Waals surface area (Å²) in [7, 11) is 1.60. The van der Waals surface area contributed by atoms with E-state index in [-0.39, 0.29) is 16.3 Å². The fraction of sp³-hybridized carbons (Fsp3) is 0.263. The first kappa shape index (κ1) is 18.8. The molecule has 2 heterocycles. The number of rotatable bonds is 5. The van der Waals surface area contributed by atoms with E-state index in [9.17, 15) is 14.4 Å². The van der Waals surface area contributed by atoms with Crippen LogP contribution in [0.2, 0.25) is 0 Å².